The second-order valence-corrected chi connectivity index (χ2v) is 11.6. The van der Waals surface area contributed by atoms with Gasteiger partial charge in [-0.2, -0.15) is 5.10 Å². The maximum atomic E-state index is 13.7. The van der Waals surface area contributed by atoms with Crippen LogP contribution in [0.4, 0.5) is 0 Å². The number of nitrogens with zero attached hydrogens (tertiary/aromatic N) is 3. The number of carbonyl (C=O) groups excluding carboxylic acids is 1. The van der Waals surface area contributed by atoms with Crippen LogP contribution in [0.1, 0.15) is 29.3 Å². The zero-order chi connectivity index (χ0) is 26.2. The molecule has 190 valence electrons. The summed E-state index contributed by atoms with van der Waals surface area (Å²) >= 11 is 8.91. The Morgan fingerprint density at radius 1 is 1.11 bits per heavy atom. The smallest absolute Gasteiger partial charge is 0.267 e. The third-order valence-electron chi connectivity index (χ3n) is 6.65. The van der Waals surface area contributed by atoms with E-state index in [0.29, 0.717) is 27.0 Å². The van der Waals surface area contributed by atoms with Gasteiger partial charge in [-0.05, 0) is 66.8 Å². The SMILES string of the molecule is CC(=NNC(=O)CSc1nc2sc3c(c2c(=O)n1-c1ccc(Cl)cc1)CCC3)c1cccc2ccccc12. The van der Waals surface area contributed by atoms with Crippen molar-refractivity contribution in [1.82, 2.24) is 15.0 Å². The summed E-state index contributed by atoms with van der Waals surface area (Å²) in [5.41, 5.74) is 6.02. The van der Waals surface area contributed by atoms with Gasteiger partial charge >= 0.3 is 0 Å². The summed E-state index contributed by atoms with van der Waals surface area (Å²) in [5, 5.41) is 8.29. The number of hydrogen-bond acceptors (Lipinski definition) is 6. The predicted molar refractivity (Wildman–Crippen MR) is 157 cm³/mol. The molecule has 9 heteroatoms. The predicted octanol–water partition coefficient (Wildman–Crippen LogP) is 6.38. The zero-order valence-corrected chi connectivity index (χ0v) is 22.9. The number of hydrogen-bond donors (Lipinski definition) is 1. The number of benzene rings is 3. The summed E-state index contributed by atoms with van der Waals surface area (Å²) < 4.78 is 1.59. The minimum Gasteiger partial charge on any atom is -0.272 e. The number of carbonyl (C=O) groups is 1. The molecule has 0 radical (unpaired) electrons. The molecule has 6 nitrogen and oxygen atoms in total. The summed E-state index contributed by atoms with van der Waals surface area (Å²) in [7, 11) is 0. The molecule has 2 aromatic heterocycles. The topological polar surface area (TPSA) is 76.3 Å². The quantitative estimate of drug-likeness (QED) is 0.114. The van der Waals surface area contributed by atoms with Gasteiger partial charge in [-0.15, -0.1) is 11.3 Å². The number of amides is 1. The van der Waals surface area contributed by atoms with E-state index in [1.54, 1.807) is 40.2 Å². The maximum Gasteiger partial charge on any atom is 0.267 e. The lowest BCUT2D eigenvalue weighted by atomic mass is 10.0. The van der Waals surface area contributed by atoms with Crippen molar-refractivity contribution in [2.24, 2.45) is 5.10 Å². The maximum absolute atomic E-state index is 13.7. The highest BCUT2D eigenvalue weighted by molar-refractivity contribution is 7.99. The van der Waals surface area contributed by atoms with E-state index in [4.69, 9.17) is 16.6 Å². The molecule has 1 aliphatic rings. The van der Waals surface area contributed by atoms with E-state index in [9.17, 15) is 9.59 Å². The second-order valence-electron chi connectivity index (χ2n) is 9.10. The summed E-state index contributed by atoms with van der Waals surface area (Å²) in [6, 6.07) is 21.2. The van der Waals surface area contributed by atoms with Crippen LogP contribution in [-0.4, -0.2) is 26.9 Å². The number of nitrogens with one attached hydrogen (secondary N) is 1. The van der Waals surface area contributed by atoms with Crippen molar-refractivity contribution in [1.29, 1.82) is 0 Å². The van der Waals surface area contributed by atoms with Gasteiger partial charge in [0.05, 0.1) is 22.5 Å². The number of aromatic nitrogens is 2. The minimum atomic E-state index is -0.278. The number of thioether (sulfide) groups is 1. The lowest BCUT2D eigenvalue weighted by molar-refractivity contribution is -0.118. The minimum absolute atomic E-state index is 0.0585. The van der Waals surface area contributed by atoms with Crippen molar-refractivity contribution in [3.8, 4) is 5.69 Å². The van der Waals surface area contributed by atoms with Crippen molar-refractivity contribution in [3.63, 3.8) is 0 Å². The Labute approximate surface area is 232 Å². The normalized spacial score (nSPS) is 13.3. The molecule has 1 N–H and O–H groups in total. The average Bonchev–Trinajstić information content (AvgIpc) is 3.52. The van der Waals surface area contributed by atoms with E-state index in [1.165, 1.54) is 16.6 Å². The lowest BCUT2D eigenvalue weighted by Crippen LogP contribution is -2.24. The highest BCUT2D eigenvalue weighted by Crippen LogP contribution is 2.36. The Bertz CT molecular complexity index is 1790. The van der Waals surface area contributed by atoms with Crippen LogP contribution in [0.25, 0.3) is 26.7 Å². The Hall–Kier alpha value is -3.46. The monoisotopic (exact) mass is 558 g/mol. The van der Waals surface area contributed by atoms with Crippen LogP contribution in [0.15, 0.2) is 81.8 Å². The van der Waals surface area contributed by atoms with E-state index in [1.807, 2.05) is 49.4 Å². The van der Waals surface area contributed by atoms with Gasteiger partial charge in [-0.3, -0.25) is 14.2 Å². The Morgan fingerprint density at radius 2 is 1.89 bits per heavy atom. The number of halogens is 1. The molecule has 0 unspecified atom stereocenters. The van der Waals surface area contributed by atoms with Gasteiger partial charge in [-0.1, -0.05) is 65.8 Å². The molecule has 0 aliphatic heterocycles. The van der Waals surface area contributed by atoms with Crippen LogP contribution >= 0.6 is 34.7 Å². The number of fused-ring (bicyclic) bond motifs is 4. The van der Waals surface area contributed by atoms with Crippen molar-refractivity contribution in [2.45, 2.75) is 31.3 Å². The molecular weight excluding hydrogens is 536 g/mol. The molecule has 38 heavy (non-hydrogen) atoms. The first-order valence-corrected chi connectivity index (χ1v) is 14.4. The van der Waals surface area contributed by atoms with Gasteiger partial charge in [0.1, 0.15) is 4.83 Å². The van der Waals surface area contributed by atoms with E-state index in [-0.39, 0.29) is 17.2 Å². The molecular formula is C29H23ClN4O2S2. The van der Waals surface area contributed by atoms with Crippen molar-refractivity contribution in [2.75, 3.05) is 5.75 Å². The van der Waals surface area contributed by atoms with E-state index in [2.05, 4.69) is 10.5 Å². The fourth-order valence-electron chi connectivity index (χ4n) is 4.85. The first kappa shape index (κ1) is 24.9. The molecule has 0 atom stereocenters. The van der Waals surface area contributed by atoms with Gasteiger partial charge in [0, 0.05) is 15.5 Å². The van der Waals surface area contributed by atoms with Crippen LogP contribution in [0.2, 0.25) is 5.02 Å². The van der Waals surface area contributed by atoms with Crippen molar-refractivity contribution < 1.29 is 4.79 Å². The highest BCUT2D eigenvalue weighted by Gasteiger charge is 2.24. The Morgan fingerprint density at radius 3 is 2.74 bits per heavy atom. The summed E-state index contributed by atoms with van der Waals surface area (Å²) in [5.74, 6) is -0.219. The molecule has 1 aliphatic carbocycles. The molecule has 5 aromatic rings. The summed E-state index contributed by atoms with van der Waals surface area (Å²) in [4.78, 5) is 33.4. The van der Waals surface area contributed by atoms with Crippen molar-refractivity contribution >= 4 is 67.3 Å². The molecule has 0 saturated carbocycles. The van der Waals surface area contributed by atoms with Crippen LogP contribution in [-0.2, 0) is 17.6 Å². The van der Waals surface area contributed by atoms with E-state index < -0.39 is 0 Å². The average molecular weight is 559 g/mol. The standard InChI is InChI=1S/C29H23ClN4O2S2/c1-17(21-9-4-7-18-6-2-3-8-22(18)21)32-33-25(35)16-37-29-31-27-26(23-10-5-11-24(23)38-27)28(36)34(29)20-14-12-19(30)13-15-20/h2-4,6-9,12-15H,5,10-11,16H2,1H3,(H,33,35). The number of aryl methyl sites for hydroxylation is 2. The molecule has 1 amide bonds. The summed E-state index contributed by atoms with van der Waals surface area (Å²) in [6.45, 7) is 1.87. The van der Waals surface area contributed by atoms with Gasteiger partial charge < -0.3 is 0 Å². The largest absolute Gasteiger partial charge is 0.272 e. The molecule has 0 spiro atoms. The first-order chi connectivity index (χ1) is 18.5. The highest BCUT2D eigenvalue weighted by atomic mass is 35.5. The first-order valence-electron chi connectivity index (χ1n) is 12.3. The third-order valence-corrected chi connectivity index (χ3v) is 9.03. The summed E-state index contributed by atoms with van der Waals surface area (Å²) in [6.07, 6.45) is 2.94. The van der Waals surface area contributed by atoms with Gasteiger partial charge in [-0.25, -0.2) is 10.4 Å². The van der Waals surface area contributed by atoms with Gasteiger partial charge in [0.2, 0.25) is 0 Å². The Kier molecular flexibility index (Phi) is 6.78. The third kappa shape index (κ3) is 4.64. The van der Waals surface area contributed by atoms with Crippen LogP contribution in [0.5, 0.6) is 0 Å². The molecule has 0 fully saturated rings. The zero-order valence-electron chi connectivity index (χ0n) is 20.5. The van der Waals surface area contributed by atoms with Gasteiger partial charge in [0.25, 0.3) is 11.5 Å². The molecule has 2 heterocycles. The Balaban J connectivity index is 1.28. The van der Waals surface area contributed by atoms with Crippen LogP contribution in [0.3, 0.4) is 0 Å². The molecule has 0 saturated heterocycles. The van der Waals surface area contributed by atoms with E-state index >= 15 is 0 Å². The lowest BCUT2D eigenvalue weighted by Gasteiger charge is -2.12. The van der Waals surface area contributed by atoms with Crippen molar-refractivity contribution in [3.05, 3.63) is 98.1 Å². The fraction of sp³-hybridized carbons (Fsp3) is 0.172. The molecule has 3 aromatic carbocycles. The van der Waals surface area contributed by atoms with Crippen LogP contribution < -0.4 is 11.0 Å². The molecule has 0 bridgehead atoms. The molecule has 6 rings (SSSR count). The van der Waals surface area contributed by atoms with Gasteiger partial charge in [0.15, 0.2) is 5.16 Å². The van der Waals surface area contributed by atoms with Crippen LogP contribution in [0, 0.1) is 0 Å². The second kappa shape index (κ2) is 10.4. The van der Waals surface area contributed by atoms with E-state index in [0.717, 1.165) is 46.0 Å². The number of rotatable bonds is 6. The number of thiophene rings is 1. The number of hydrazone groups is 1. The fourth-order valence-corrected chi connectivity index (χ4v) is 7.08.